The summed E-state index contributed by atoms with van der Waals surface area (Å²) in [5.74, 6) is -0.183. The molecule has 0 bridgehead atoms. The van der Waals surface area contributed by atoms with Crippen LogP contribution in [0.25, 0.3) is 0 Å². The molecule has 0 aromatic heterocycles. The summed E-state index contributed by atoms with van der Waals surface area (Å²) in [7, 11) is -3.36. The third-order valence-electron chi connectivity index (χ3n) is 4.16. The molecular formula is C17H26N2O4S. The van der Waals surface area contributed by atoms with Crippen molar-refractivity contribution in [3.05, 3.63) is 29.8 Å². The zero-order valence-corrected chi connectivity index (χ0v) is 15.1. The molecule has 1 fully saturated rings. The van der Waals surface area contributed by atoms with Crippen LogP contribution in [0.15, 0.2) is 24.3 Å². The van der Waals surface area contributed by atoms with Crippen LogP contribution in [-0.4, -0.2) is 50.7 Å². The minimum atomic E-state index is -3.36. The highest BCUT2D eigenvalue weighted by molar-refractivity contribution is 7.88. The number of anilines is 1. The number of aryl methyl sites for hydroxylation is 1. The molecule has 0 spiro atoms. The fourth-order valence-electron chi connectivity index (χ4n) is 2.80. The van der Waals surface area contributed by atoms with E-state index in [1.54, 1.807) is 0 Å². The number of ether oxygens (including phenoxy) is 1. The molecule has 2 rings (SSSR count). The standard InChI is InChI=1S/C17H26N2O4S/c1-3-14-7-4-5-9-16(14)18-17(20)10-11-19(24(2,21)22)13-15-8-6-12-23-15/h4-5,7,9,15H,3,6,8,10-13H2,1-2H3,(H,18,20). The van der Waals surface area contributed by atoms with Crippen molar-refractivity contribution in [1.29, 1.82) is 0 Å². The van der Waals surface area contributed by atoms with Gasteiger partial charge in [0.2, 0.25) is 15.9 Å². The summed E-state index contributed by atoms with van der Waals surface area (Å²) in [6, 6.07) is 7.63. The summed E-state index contributed by atoms with van der Waals surface area (Å²) >= 11 is 0. The molecule has 0 aliphatic carbocycles. The molecule has 1 N–H and O–H groups in total. The Morgan fingerprint density at radius 1 is 1.38 bits per heavy atom. The van der Waals surface area contributed by atoms with E-state index in [4.69, 9.17) is 4.74 Å². The fraction of sp³-hybridized carbons (Fsp3) is 0.588. The van der Waals surface area contributed by atoms with Crippen molar-refractivity contribution in [2.75, 3.05) is 31.3 Å². The molecule has 0 radical (unpaired) electrons. The first-order chi connectivity index (χ1) is 11.4. The largest absolute Gasteiger partial charge is 0.377 e. The average molecular weight is 354 g/mol. The predicted octanol–water partition coefficient (Wildman–Crippen LogP) is 2.02. The summed E-state index contributed by atoms with van der Waals surface area (Å²) in [6.07, 6.45) is 3.87. The van der Waals surface area contributed by atoms with E-state index in [0.29, 0.717) is 13.2 Å². The molecule has 0 saturated carbocycles. The summed E-state index contributed by atoms with van der Waals surface area (Å²) in [4.78, 5) is 12.2. The maximum atomic E-state index is 12.2. The molecule has 1 aliphatic rings. The Morgan fingerprint density at radius 2 is 2.12 bits per heavy atom. The normalized spacial score (nSPS) is 18.0. The number of carbonyl (C=O) groups is 1. The number of benzene rings is 1. The lowest BCUT2D eigenvalue weighted by atomic mass is 10.1. The van der Waals surface area contributed by atoms with E-state index >= 15 is 0 Å². The first kappa shape index (κ1) is 18.9. The van der Waals surface area contributed by atoms with Gasteiger partial charge in [-0.05, 0) is 30.9 Å². The van der Waals surface area contributed by atoms with Crippen molar-refractivity contribution in [3.8, 4) is 0 Å². The molecular weight excluding hydrogens is 328 g/mol. The number of nitrogens with zero attached hydrogens (tertiary/aromatic N) is 1. The van der Waals surface area contributed by atoms with Gasteiger partial charge in [0.25, 0.3) is 0 Å². The van der Waals surface area contributed by atoms with Gasteiger partial charge in [0.15, 0.2) is 0 Å². The van der Waals surface area contributed by atoms with E-state index in [9.17, 15) is 13.2 Å². The van der Waals surface area contributed by atoms with Crippen LogP contribution in [0, 0.1) is 0 Å². The van der Waals surface area contributed by atoms with Crippen LogP contribution in [0.2, 0.25) is 0 Å². The van der Waals surface area contributed by atoms with E-state index in [0.717, 1.165) is 30.5 Å². The SMILES string of the molecule is CCc1ccccc1NC(=O)CCN(CC1CCCO1)S(C)(=O)=O. The van der Waals surface area contributed by atoms with Gasteiger partial charge in [-0.25, -0.2) is 8.42 Å². The number of amides is 1. The zero-order valence-electron chi connectivity index (χ0n) is 14.3. The number of nitrogens with one attached hydrogen (secondary N) is 1. The van der Waals surface area contributed by atoms with Crippen molar-refractivity contribution < 1.29 is 17.9 Å². The maximum absolute atomic E-state index is 12.2. The number of sulfonamides is 1. The van der Waals surface area contributed by atoms with E-state index in [-0.39, 0.29) is 25.0 Å². The quantitative estimate of drug-likeness (QED) is 0.775. The van der Waals surface area contributed by atoms with Gasteiger partial charge in [-0.3, -0.25) is 4.79 Å². The zero-order chi connectivity index (χ0) is 17.6. The second kappa shape index (κ2) is 8.60. The second-order valence-electron chi connectivity index (χ2n) is 6.06. The van der Waals surface area contributed by atoms with Crippen LogP contribution in [0.4, 0.5) is 5.69 Å². The van der Waals surface area contributed by atoms with E-state index in [1.165, 1.54) is 10.6 Å². The van der Waals surface area contributed by atoms with Crippen LogP contribution < -0.4 is 5.32 Å². The minimum Gasteiger partial charge on any atom is -0.377 e. The van der Waals surface area contributed by atoms with Gasteiger partial charge in [-0.2, -0.15) is 4.31 Å². The van der Waals surface area contributed by atoms with Crippen molar-refractivity contribution in [2.45, 2.75) is 38.7 Å². The molecule has 1 saturated heterocycles. The minimum absolute atomic E-state index is 0.0661. The maximum Gasteiger partial charge on any atom is 0.225 e. The van der Waals surface area contributed by atoms with Crippen LogP contribution in [0.1, 0.15) is 31.7 Å². The van der Waals surface area contributed by atoms with Crippen LogP contribution in [0.5, 0.6) is 0 Å². The fourth-order valence-corrected chi connectivity index (χ4v) is 3.66. The van der Waals surface area contributed by atoms with Crippen LogP contribution >= 0.6 is 0 Å². The van der Waals surface area contributed by atoms with Gasteiger partial charge >= 0.3 is 0 Å². The smallest absolute Gasteiger partial charge is 0.225 e. The summed E-state index contributed by atoms with van der Waals surface area (Å²) < 4.78 is 30.7. The van der Waals surface area contributed by atoms with Gasteiger partial charge in [-0.15, -0.1) is 0 Å². The average Bonchev–Trinajstić information content (AvgIpc) is 3.04. The monoisotopic (exact) mass is 354 g/mol. The summed E-state index contributed by atoms with van der Waals surface area (Å²) in [6.45, 7) is 3.19. The lowest BCUT2D eigenvalue weighted by Crippen LogP contribution is -2.38. The Labute approximate surface area is 144 Å². The predicted molar refractivity (Wildman–Crippen MR) is 94.5 cm³/mol. The highest BCUT2D eigenvalue weighted by atomic mass is 32.2. The number of rotatable bonds is 8. The van der Waals surface area contributed by atoms with Gasteiger partial charge in [0, 0.05) is 31.8 Å². The Morgan fingerprint density at radius 3 is 2.75 bits per heavy atom. The third kappa shape index (κ3) is 5.58. The van der Waals surface area contributed by atoms with Gasteiger partial charge < -0.3 is 10.1 Å². The van der Waals surface area contributed by atoms with E-state index < -0.39 is 10.0 Å². The van der Waals surface area contributed by atoms with Gasteiger partial charge in [0.1, 0.15) is 0 Å². The summed E-state index contributed by atoms with van der Waals surface area (Å²) in [5, 5.41) is 2.87. The van der Waals surface area contributed by atoms with Gasteiger partial charge in [0.05, 0.1) is 12.4 Å². The molecule has 1 atom stereocenters. The molecule has 24 heavy (non-hydrogen) atoms. The molecule has 1 aromatic rings. The first-order valence-corrected chi connectivity index (χ1v) is 10.2. The Hall–Kier alpha value is -1.44. The number of hydrogen-bond donors (Lipinski definition) is 1. The topological polar surface area (TPSA) is 75.7 Å². The van der Waals surface area contributed by atoms with Crippen molar-refractivity contribution in [1.82, 2.24) is 4.31 Å². The van der Waals surface area contributed by atoms with Crippen molar-refractivity contribution in [3.63, 3.8) is 0 Å². The van der Waals surface area contributed by atoms with Gasteiger partial charge in [-0.1, -0.05) is 25.1 Å². The van der Waals surface area contributed by atoms with E-state index in [1.807, 2.05) is 31.2 Å². The highest BCUT2D eigenvalue weighted by Gasteiger charge is 2.25. The highest BCUT2D eigenvalue weighted by Crippen LogP contribution is 2.17. The molecule has 1 heterocycles. The van der Waals surface area contributed by atoms with Crippen LogP contribution in [0.3, 0.4) is 0 Å². The number of para-hydroxylation sites is 1. The lowest BCUT2D eigenvalue weighted by molar-refractivity contribution is -0.116. The molecule has 1 unspecified atom stereocenters. The van der Waals surface area contributed by atoms with E-state index in [2.05, 4.69) is 5.32 Å². The van der Waals surface area contributed by atoms with Crippen molar-refractivity contribution >= 4 is 21.6 Å². The molecule has 1 aliphatic heterocycles. The summed E-state index contributed by atoms with van der Waals surface area (Å²) in [5.41, 5.74) is 1.85. The third-order valence-corrected chi connectivity index (χ3v) is 5.43. The second-order valence-corrected chi connectivity index (χ2v) is 8.05. The number of carbonyl (C=O) groups excluding carboxylic acids is 1. The Balaban J connectivity index is 1.91. The lowest BCUT2D eigenvalue weighted by Gasteiger charge is -2.22. The Bertz CT molecular complexity index is 654. The molecule has 6 nitrogen and oxygen atoms in total. The first-order valence-electron chi connectivity index (χ1n) is 8.34. The van der Waals surface area contributed by atoms with Crippen LogP contribution in [-0.2, 0) is 26.0 Å². The Kier molecular flexibility index (Phi) is 6.77. The molecule has 1 amide bonds. The molecule has 134 valence electrons. The molecule has 1 aromatic carbocycles. The van der Waals surface area contributed by atoms with Crippen molar-refractivity contribution in [2.24, 2.45) is 0 Å². The molecule has 7 heteroatoms. The number of hydrogen-bond acceptors (Lipinski definition) is 4.